The van der Waals surface area contributed by atoms with Crippen molar-refractivity contribution < 1.29 is 9.53 Å². The second-order valence-electron chi connectivity index (χ2n) is 3.89. The van der Waals surface area contributed by atoms with Gasteiger partial charge < -0.3 is 10.1 Å². The summed E-state index contributed by atoms with van der Waals surface area (Å²) in [5, 5.41) is 2.99. The first-order valence-electron chi connectivity index (χ1n) is 5.55. The zero-order chi connectivity index (χ0) is 11.8. The fourth-order valence-electron chi connectivity index (χ4n) is 1.10. The molecule has 0 fully saturated rings. The second-order valence-corrected chi connectivity index (χ2v) is 5.00. The number of hydrogen-bond donors (Lipinski definition) is 1. The summed E-state index contributed by atoms with van der Waals surface area (Å²) in [5.74, 6) is 0.438. The van der Waals surface area contributed by atoms with E-state index >= 15 is 0 Å². The molecule has 0 spiro atoms. The van der Waals surface area contributed by atoms with Gasteiger partial charge in [-0.2, -0.15) is 0 Å². The van der Waals surface area contributed by atoms with Crippen LogP contribution in [0.5, 0.6) is 0 Å². The van der Waals surface area contributed by atoms with Crippen molar-refractivity contribution in [3.63, 3.8) is 0 Å². The number of halogens is 1. The monoisotopic (exact) mass is 279 g/mol. The highest BCUT2D eigenvalue weighted by molar-refractivity contribution is 9.10. The third kappa shape index (κ3) is 6.15. The standard InChI is InChI=1S/C11H22BrNO2/c1-5-9(12)11(14)13-10(8(3)4)7-15-6-2/h8-10H,5-7H2,1-4H3,(H,13,14). The number of alkyl halides is 1. The first-order chi connectivity index (χ1) is 7.02. The van der Waals surface area contributed by atoms with Crippen molar-refractivity contribution in [1.82, 2.24) is 5.32 Å². The highest BCUT2D eigenvalue weighted by atomic mass is 79.9. The molecular weight excluding hydrogens is 258 g/mol. The third-order valence-electron chi connectivity index (χ3n) is 2.28. The van der Waals surface area contributed by atoms with Crippen molar-refractivity contribution in [2.24, 2.45) is 5.92 Å². The predicted molar refractivity (Wildman–Crippen MR) is 66.3 cm³/mol. The Hall–Kier alpha value is -0.0900. The molecule has 0 radical (unpaired) electrons. The molecule has 2 atom stereocenters. The van der Waals surface area contributed by atoms with E-state index in [1.54, 1.807) is 0 Å². The topological polar surface area (TPSA) is 38.3 Å². The number of hydrogen-bond acceptors (Lipinski definition) is 2. The molecule has 0 rings (SSSR count). The lowest BCUT2D eigenvalue weighted by Gasteiger charge is -2.23. The lowest BCUT2D eigenvalue weighted by molar-refractivity contribution is -0.122. The molecule has 1 N–H and O–H groups in total. The Morgan fingerprint density at radius 2 is 2.00 bits per heavy atom. The highest BCUT2D eigenvalue weighted by Crippen LogP contribution is 2.07. The van der Waals surface area contributed by atoms with Gasteiger partial charge in [0.2, 0.25) is 5.91 Å². The maximum absolute atomic E-state index is 11.6. The van der Waals surface area contributed by atoms with Crippen molar-refractivity contribution in [2.45, 2.75) is 45.0 Å². The second kappa shape index (κ2) is 8.11. The minimum atomic E-state index is -0.0969. The number of carbonyl (C=O) groups excluding carboxylic acids is 1. The molecule has 1 amide bonds. The lowest BCUT2D eigenvalue weighted by atomic mass is 10.1. The van der Waals surface area contributed by atoms with Crippen molar-refractivity contribution in [1.29, 1.82) is 0 Å². The quantitative estimate of drug-likeness (QED) is 0.727. The summed E-state index contributed by atoms with van der Waals surface area (Å²) in [4.78, 5) is 11.5. The molecule has 90 valence electrons. The number of rotatable bonds is 7. The number of carbonyl (C=O) groups is 1. The van der Waals surface area contributed by atoms with E-state index in [0.717, 1.165) is 6.42 Å². The highest BCUT2D eigenvalue weighted by Gasteiger charge is 2.19. The van der Waals surface area contributed by atoms with Gasteiger partial charge in [0.1, 0.15) is 0 Å². The molecule has 0 aliphatic heterocycles. The van der Waals surface area contributed by atoms with Gasteiger partial charge in [0, 0.05) is 6.61 Å². The molecule has 0 heterocycles. The smallest absolute Gasteiger partial charge is 0.234 e. The van der Waals surface area contributed by atoms with Gasteiger partial charge in [0.05, 0.1) is 17.5 Å². The van der Waals surface area contributed by atoms with Crippen molar-refractivity contribution >= 4 is 21.8 Å². The van der Waals surface area contributed by atoms with Gasteiger partial charge in [0.15, 0.2) is 0 Å². The Kier molecular flexibility index (Phi) is 8.06. The van der Waals surface area contributed by atoms with Crippen LogP contribution in [0.3, 0.4) is 0 Å². The van der Waals surface area contributed by atoms with E-state index in [-0.39, 0.29) is 16.8 Å². The predicted octanol–water partition coefficient (Wildman–Crippen LogP) is 2.34. The average Bonchev–Trinajstić information content (AvgIpc) is 2.22. The first-order valence-corrected chi connectivity index (χ1v) is 6.46. The van der Waals surface area contributed by atoms with Crippen molar-refractivity contribution in [3.05, 3.63) is 0 Å². The van der Waals surface area contributed by atoms with Crippen LogP contribution in [0.2, 0.25) is 0 Å². The van der Waals surface area contributed by atoms with Gasteiger partial charge in [-0.1, -0.05) is 36.7 Å². The van der Waals surface area contributed by atoms with Gasteiger partial charge in [0.25, 0.3) is 0 Å². The van der Waals surface area contributed by atoms with Gasteiger partial charge in [-0.15, -0.1) is 0 Å². The molecule has 15 heavy (non-hydrogen) atoms. The molecule has 0 saturated carbocycles. The van der Waals surface area contributed by atoms with E-state index in [1.807, 2.05) is 13.8 Å². The fraction of sp³-hybridized carbons (Fsp3) is 0.909. The van der Waals surface area contributed by atoms with E-state index in [9.17, 15) is 4.79 Å². The van der Waals surface area contributed by atoms with Gasteiger partial charge in [-0.3, -0.25) is 4.79 Å². The molecule has 0 bridgehead atoms. The maximum atomic E-state index is 11.6. The number of amides is 1. The Morgan fingerprint density at radius 3 is 2.40 bits per heavy atom. The van der Waals surface area contributed by atoms with Crippen LogP contribution in [0, 0.1) is 5.92 Å². The number of ether oxygens (including phenoxy) is 1. The molecule has 0 saturated heterocycles. The normalized spacial score (nSPS) is 15.1. The summed E-state index contributed by atoms with van der Waals surface area (Å²) >= 11 is 3.34. The third-order valence-corrected chi connectivity index (χ3v) is 3.34. The molecule has 4 heteroatoms. The lowest BCUT2D eigenvalue weighted by Crippen LogP contribution is -2.44. The van der Waals surface area contributed by atoms with Gasteiger partial charge >= 0.3 is 0 Å². The van der Waals surface area contributed by atoms with Gasteiger partial charge in [-0.05, 0) is 19.3 Å². The Morgan fingerprint density at radius 1 is 1.40 bits per heavy atom. The fourth-order valence-corrected chi connectivity index (χ4v) is 1.24. The van der Waals surface area contributed by atoms with Crippen LogP contribution in [-0.4, -0.2) is 30.0 Å². The van der Waals surface area contributed by atoms with Crippen LogP contribution in [-0.2, 0) is 9.53 Å². The van der Waals surface area contributed by atoms with Crippen LogP contribution in [0.15, 0.2) is 0 Å². The van der Waals surface area contributed by atoms with E-state index in [2.05, 4.69) is 35.1 Å². The zero-order valence-electron chi connectivity index (χ0n) is 10.0. The largest absolute Gasteiger partial charge is 0.380 e. The molecular formula is C11H22BrNO2. The molecule has 0 aliphatic rings. The number of nitrogens with one attached hydrogen (secondary N) is 1. The molecule has 3 nitrogen and oxygen atoms in total. The van der Waals surface area contributed by atoms with Crippen LogP contribution in [0.4, 0.5) is 0 Å². The van der Waals surface area contributed by atoms with Crippen molar-refractivity contribution in [3.8, 4) is 0 Å². The van der Waals surface area contributed by atoms with E-state index in [0.29, 0.717) is 19.1 Å². The molecule has 0 aromatic rings. The Labute approximate surface area is 101 Å². The van der Waals surface area contributed by atoms with Crippen LogP contribution >= 0.6 is 15.9 Å². The van der Waals surface area contributed by atoms with Crippen LogP contribution < -0.4 is 5.32 Å². The summed E-state index contributed by atoms with van der Waals surface area (Å²) in [5.41, 5.74) is 0. The summed E-state index contributed by atoms with van der Waals surface area (Å²) in [7, 11) is 0. The first kappa shape index (κ1) is 14.9. The molecule has 0 aromatic heterocycles. The average molecular weight is 280 g/mol. The maximum Gasteiger partial charge on any atom is 0.234 e. The molecule has 2 unspecified atom stereocenters. The summed E-state index contributed by atoms with van der Waals surface area (Å²) in [6.07, 6.45) is 0.797. The van der Waals surface area contributed by atoms with E-state index < -0.39 is 0 Å². The summed E-state index contributed by atoms with van der Waals surface area (Å²) in [6, 6.07) is 0.101. The van der Waals surface area contributed by atoms with Crippen LogP contribution in [0.1, 0.15) is 34.1 Å². The minimum Gasteiger partial charge on any atom is -0.380 e. The summed E-state index contributed by atoms with van der Waals surface area (Å²) in [6.45, 7) is 9.37. The Balaban J connectivity index is 4.09. The van der Waals surface area contributed by atoms with Crippen LogP contribution in [0.25, 0.3) is 0 Å². The van der Waals surface area contributed by atoms with Gasteiger partial charge in [-0.25, -0.2) is 0 Å². The zero-order valence-corrected chi connectivity index (χ0v) is 11.6. The SMILES string of the molecule is CCOCC(NC(=O)C(Br)CC)C(C)C. The molecule has 0 aromatic carbocycles. The van der Waals surface area contributed by atoms with E-state index in [4.69, 9.17) is 4.74 Å². The van der Waals surface area contributed by atoms with Crippen molar-refractivity contribution in [2.75, 3.05) is 13.2 Å². The van der Waals surface area contributed by atoms with E-state index in [1.165, 1.54) is 0 Å². The Bertz CT molecular complexity index is 185. The molecule has 0 aliphatic carbocycles. The summed E-state index contributed by atoms with van der Waals surface area (Å²) < 4.78 is 5.34. The minimum absolute atomic E-state index is 0.0518.